The summed E-state index contributed by atoms with van der Waals surface area (Å²) in [4.78, 5) is 40.5. The van der Waals surface area contributed by atoms with Gasteiger partial charge in [0.2, 0.25) is 0 Å². The fourth-order valence-electron chi connectivity index (χ4n) is 3.63. The molecule has 0 aliphatic rings. The van der Waals surface area contributed by atoms with Gasteiger partial charge >= 0.3 is 6.09 Å². The molecule has 7 nitrogen and oxygen atoms in total. The summed E-state index contributed by atoms with van der Waals surface area (Å²) in [6.07, 6.45) is 5.83. The third-order valence-corrected chi connectivity index (χ3v) is 5.85. The Morgan fingerprint density at radius 3 is 2.14 bits per heavy atom. The van der Waals surface area contributed by atoms with Gasteiger partial charge in [-0.15, -0.1) is 0 Å². The van der Waals surface area contributed by atoms with Crippen LogP contribution in [0.5, 0.6) is 0 Å². The molecular weight excluding hydrogens is 474 g/mol. The number of aryl methyl sites for hydroxylation is 3. The molecule has 0 fully saturated rings. The zero-order valence-electron chi connectivity index (χ0n) is 21.7. The van der Waals surface area contributed by atoms with Gasteiger partial charge in [-0.05, 0) is 63.3 Å². The van der Waals surface area contributed by atoms with Crippen molar-refractivity contribution in [3.05, 3.63) is 64.7 Å². The molecular formula is C28H35N3O4S. The second-order valence-corrected chi connectivity index (χ2v) is 9.84. The number of para-hydroxylation sites is 1. The average molecular weight is 510 g/mol. The Hall–Kier alpha value is -3.44. The normalized spacial score (nSPS) is 12.6. The number of rotatable bonds is 8. The van der Waals surface area contributed by atoms with Crippen molar-refractivity contribution in [2.24, 2.45) is 0 Å². The molecule has 8 heteroatoms. The molecule has 2 atom stereocenters. The van der Waals surface area contributed by atoms with Crippen LogP contribution in [0.25, 0.3) is 0 Å². The van der Waals surface area contributed by atoms with Gasteiger partial charge in [-0.25, -0.2) is 4.79 Å². The topological polar surface area (TPSA) is 87.7 Å². The quantitative estimate of drug-likeness (QED) is 0.271. The molecule has 192 valence electrons. The van der Waals surface area contributed by atoms with E-state index < -0.39 is 35.6 Å². The summed E-state index contributed by atoms with van der Waals surface area (Å²) in [7, 11) is 0. The number of nitrogens with one attached hydrogen (secondary N) is 2. The summed E-state index contributed by atoms with van der Waals surface area (Å²) in [6.45, 7) is 10.9. The molecule has 3 amide bonds. The van der Waals surface area contributed by atoms with E-state index in [1.54, 1.807) is 32.9 Å². The smallest absolute Gasteiger partial charge is 0.408 e. The number of amides is 3. The zero-order chi connectivity index (χ0) is 27.0. The Balaban J connectivity index is 2.45. The lowest BCUT2D eigenvalue weighted by Gasteiger charge is -2.30. The Labute approximate surface area is 219 Å². The highest BCUT2D eigenvalue weighted by molar-refractivity contribution is 7.80. The SMILES string of the molecule is C#CN(C(=O)C(CS)NC(=O)OC(C)(C)C)C(C(=O)Nc1c(C)cccc1C)c1ccc(CC)cc1. The monoisotopic (exact) mass is 509 g/mol. The summed E-state index contributed by atoms with van der Waals surface area (Å²) in [6, 6.07) is 13.1. The van der Waals surface area contributed by atoms with E-state index in [9.17, 15) is 14.4 Å². The molecule has 0 radical (unpaired) electrons. The third-order valence-electron chi connectivity index (χ3n) is 5.49. The van der Waals surface area contributed by atoms with Gasteiger partial charge in [0.15, 0.2) is 0 Å². The fraction of sp³-hybridized carbons (Fsp3) is 0.393. The van der Waals surface area contributed by atoms with E-state index in [0.717, 1.165) is 28.0 Å². The van der Waals surface area contributed by atoms with Gasteiger partial charge in [-0.3, -0.25) is 14.5 Å². The van der Waals surface area contributed by atoms with Crippen molar-refractivity contribution in [2.45, 2.75) is 65.6 Å². The van der Waals surface area contributed by atoms with Gasteiger partial charge in [-0.1, -0.05) is 55.8 Å². The standard InChI is InChI=1S/C28H35N3O4S/c1-8-20-13-15-21(16-14-20)24(25(32)30-23-18(3)11-10-12-19(23)4)31(9-2)26(33)22(17-36)29-27(34)35-28(5,6)7/h2,10-16,22,24,36H,8,17H2,1,3-7H3,(H,29,34)(H,30,32). The summed E-state index contributed by atoms with van der Waals surface area (Å²) in [5.41, 5.74) is 3.27. The molecule has 2 N–H and O–H groups in total. The first kappa shape index (κ1) is 28.8. The highest BCUT2D eigenvalue weighted by Crippen LogP contribution is 2.27. The summed E-state index contributed by atoms with van der Waals surface area (Å²) >= 11 is 4.23. The second kappa shape index (κ2) is 12.5. The lowest BCUT2D eigenvalue weighted by Crippen LogP contribution is -2.51. The van der Waals surface area contributed by atoms with Crippen LogP contribution in [0.2, 0.25) is 0 Å². The zero-order valence-corrected chi connectivity index (χ0v) is 22.6. The van der Waals surface area contributed by atoms with Gasteiger partial charge in [0.1, 0.15) is 17.7 Å². The summed E-state index contributed by atoms with van der Waals surface area (Å²) in [5.74, 6) is -1.17. The third kappa shape index (κ3) is 7.53. The number of thiol groups is 1. The predicted molar refractivity (Wildman–Crippen MR) is 146 cm³/mol. The number of benzene rings is 2. The minimum atomic E-state index is -1.14. The second-order valence-electron chi connectivity index (χ2n) is 9.47. The first-order chi connectivity index (χ1) is 16.9. The van der Waals surface area contributed by atoms with E-state index in [1.165, 1.54) is 0 Å². The summed E-state index contributed by atoms with van der Waals surface area (Å²) < 4.78 is 5.27. The van der Waals surface area contributed by atoms with Crippen LogP contribution < -0.4 is 10.6 Å². The first-order valence-electron chi connectivity index (χ1n) is 11.8. The van der Waals surface area contributed by atoms with Crippen molar-refractivity contribution in [1.29, 1.82) is 0 Å². The van der Waals surface area contributed by atoms with Crippen LogP contribution >= 0.6 is 12.6 Å². The molecule has 2 unspecified atom stereocenters. The highest BCUT2D eigenvalue weighted by atomic mass is 32.1. The molecule has 0 aliphatic carbocycles. The Kier molecular flexibility index (Phi) is 10.00. The van der Waals surface area contributed by atoms with Crippen LogP contribution in [0.4, 0.5) is 10.5 Å². The molecule has 2 aromatic carbocycles. The molecule has 0 spiro atoms. The number of hydrogen-bond acceptors (Lipinski definition) is 5. The molecule has 0 aromatic heterocycles. The van der Waals surface area contributed by atoms with E-state index in [1.807, 2.05) is 51.1 Å². The first-order valence-corrected chi connectivity index (χ1v) is 12.4. The Bertz CT molecular complexity index is 1110. The number of carbonyl (C=O) groups excluding carboxylic acids is 3. The molecule has 0 heterocycles. The van der Waals surface area contributed by atoms with Crippen LogP contribution in [0.15, 0.2) is 42.5 Å². The van der Waals surface area contributed by atoms with Crippen LogP contribution in [0.1, 0.15) is 56.0 Å². The average Bonchev–Trinajstić information content (AvgIpc) is 2.81. The lowest BCUT2D eigenvalue weighted by atomic mass is 10.0. The van der Waals surface area contributed by atoms with Gasteiger partial charge < -0.3 is 15.4 Å². The van der Waals surface area contributed by atoms with Gasteiger partial charge in [0.05, 0.1) is 0 Å². The largest absolute Gasteiger partial charge is 0.444 e. The van der Waals surface area contributed by atoms with Crippen molar-refractivity contribution in [3.8, 4) is 12.5 Å². The molecule has 0 saturated carbocycles. The lowest BCUT2D eigenvalue weighted by molar-refractivity contribution is -0.136. The van der Waals surface area contributed by atoms with Crippen molar-refractivity contribution in [2.75, 3.05) is 11.1 Å². The molecule has 0 saturated heterocycles. The van der Waals surface area contributed by atoms with E-state index >= 15 is 0 Å². The van der Waals surface area contributed by atoms with E-state index in [2.05, 4.69) is 29.3 Å². The van der Waals surface area contributed by atoms with Crippen LogP contribution in [-0.4, -0.2) is 40.2 Å². The van der Waals surface area contributed by atoms with Gasteiger partial charge in [0, 0.05) is 17.5 Å². The summed E-state index contributed by atoms with van der Waals surface area (Å²) in [5, 5.41) is 5.46. The van der Waals surface area contributed by atoms with E-state index in [-0.39, 0.29) is 5.75 Å². The minimum absolute atomic E-state index is 0.0454. The maximum absolute atomic E-state index is 13.7. The number of hydrogen-bond donors (Lipinski definition) is 3. The van der Waals surface area contributed by atoms with Crippen LogP contribution in [0.3, 0.4) is 0 Å². The van der Waals surface area contributed by atoms with Gasteiger partial charge in [0.25, 0.3) is 11.8 Å². The maximum atomic E-state index is 13.7. The maximum Gasteiger partial charge on any atom is 0.408 e. The number of carbonyl (C=O) groups is 3. The number of nitrogens with zero attached hydrogens (tertiary/aromatic N) is 1. The molecule has 0 bridgehead atoms. The Morgan fingerprint density at radius 1 is 1.08 bits per heavy atom. The van der Waals surface area contributed by atoms with Crippen molar-refractivity contribution < 1.29 is 19.1 Å². The molecule has 36 heavy (non-hydrogen) atoms. The van der Waals surface area contributed by atoms with Crippen molar-refractivity contribution >= 4 is 36.2 Å². The van der Waals surface area contributed by atoms with Gasteiger partial charge in [-0.2, -0.15) is 12.6 Å². The Morgan fingerprint density at radius 2 is 1.67 bits per heavy atom. The molecule has 2 rings (SSSR count). The van der Waals surface area contributed by atoms with Crippen LogP contribution in [-0.2, 0) is 20.7 Å². The highest BCUT2D eigenvalue weighted by Gasteiger charge is 2.35. The fourth-order valence-corrected chi connectivity index (χ4v) is 3.87. The number of alkyl carbamates (subject to hydrolysis) is 1. The number of ether oxygens (including phenoxy) is 1. The predicted octanol–water partition coefficient (Wildman–Crippen LogP) is 4.79. The molecule has 2 aromatic rings. The van der Waals surface area contributed by atoms with Crippen molar-refractivity contribution in [3.63, 3.8) is 0 Å². The number of anilines is 1. The number of terminal acetylenes is 1. The van der Waals surface area contributed by atoms with Crippen LogP contribution in [0, 0.1) is 26.3 Å². The minimum Gasteiger partial charge on any atom is -0.444 e. The van der Waals surface area contributed by atoms with E-state index in [4.69, 9.17) is 11.2 Å². The van der Waals surface area contributed by atoms with E-state index in [0.29, 0.717) is 11.3 Å². The molecule has 0 aliphatic heterocycles. The van der Waals surface area contributed by atoms with Crippen molar-refractivity contribution in [1.82, 2.24) is 10.2 Å².